The lowest BCUT2D eigenvalue weighted by Gasteiger charge is -2.31. The summed E-state index contributed by atoms with van der Waals surface area (Å²) in [4.78, 5) is 13.5. The Balaban J connectivity index is 4.28. The molecule has 2 heteroatoms. The summed E-state index contributed by atoms with van der Waals surface area (Å²) in [5, 5.41) is 0. The molecule has 0 aliphatic rings. The zero-order valence-corrected chi connectivity index (χ0v) is 11.0. The molecule has 0 N–H and O–H groups in total. The maximum atomic E-state index is 11.1. The van der Waals surface area contributed by atoms with Crippen molar-refractivity contribution in [2.75, 3.05) is 19.6 Å². The van der Waals surface area contributed by atoms with E-state index in [4.69, 9.17) is 0 Å². The van der Waals surface area contributed by atoms with E-state index in [1.165, 1.54) is 0 Å². The lowest BCUT2D eigenvalue weighted by molar-refractivity contribution is -0.116. The predicted octanol–water partition coefficient (Wildman–Crippen LogP) is 2.97. The fraction of sp³-hybridized carbons (Fsp3) is 0.923. The standard InChI is InChI=1S/C13H27NO/c1-6-8-13(5,11-15)10-14(7-2)9-12(3)4/h11-12H,6-10H2,1-5H3. The first-order valence-corrected chi connectivity index (χ1v) is 6.16. The maximum absolute atomic E-state index is 11.1. The minimum Gasteiger partial charge on any atom is -0.303 e. The third kappa shape index (κ3) is 5.93. The van der Waals surface area contributed by atoms with Gasteiger partial charge in [-0.3, -0.25) is 0 Å². The number of hydrogen-bond donors (Lipinski definition) is 0. The second kappa shape index (κ2) is 7.00. The van der Waals surface area contributed by atoms with Crippen LogP contribution in [0.5, 0.6) is 0 Å². The fourth-order valence-electron chi connectivity index (χ4n) is 2.08. The van der Waals surface area contributed by atoms with E-state index in [2.05, 4.69) is 39.5 Å². The summed E-state index contributed by atoms with van der Waals surface area (Å²) in [5.74, 6) is 0.669. The summed E-state index contributed by atoms with van der Waals surface area (Å²) in [7, 11) is 0. The van der Waals surface area contributed by atoms with E-state index in [9.17, 15) is 4.79 Å². The molecule has 0 rings (SSSR count). The average Bonchev–Trinajstić information content (AvgIpc) is 2.16. The van der Waals surface area contributed by atoms with Crippen molar-refractivity contribution in [2.45, 2.75) is 47.5 Å². The summed E-state index contributed by atoms with van der Waals surface area (Å²) in [5.41, 5.74) is -0.153. The summed E-state index contributed by atoms with van der Waals surface area (Å²) in [6.07, 6.45) is 3.21. The molecule has 0 aliphatic heterocycles. The lowest BCUT2D eigenvalue weighted by atomic mass is 9.86. The summed E-state index contributed by atoms with van der Waals surface area (Å²) in [6, 6.07) is 0. The van der Waals surface area contributed by atoms with E-state index in [1.807, 2.05) is 0 Å². The molecule has 0 bridgehead atoms. The Hall–Kier alpha value is -0.370. The number of hydrogen-bond acceptors (Lipinski definition) is 2. The molecule has 0 aromatic rings. The van der Waals surface area contributed by atoms with E-state index >= 15 is 0 Å². The second-order valence-corrected chi connectivity index (χ2v) is 5.24. The van der Waals surface area contributed by atoms with Crippen molar-refractivity contribution in [2.24, 2.45) is 11.3 Å². The monoisotopic (exact) mass is 213 g/mol. The van der Waals surface area contributed by atoms with E-state index in [0.29, 0.717) is 5.92 Å². The summed E-state index contributed by atoms with van der Waals surface area (Å²) < 4.78 is 0. The molecule has 1 unspecified atom stereocenters. The minimum atomic E-state index is -0.153. The van der Waals surface area contributed by atoms with Gasteiger partial charge in [-0.15, -0.1) is 0 Å². The van der Waals surface area contributed by atoms with Gasteiger partial charge >= 0.3 is 0 Å². The number of carbonyl (C=O) groups is 1. The first-order chi connectivity index (χ1) is 6.97. The van der Waals surface area contributed by atoms with E-state index in [-0.39, 0.29) is 5.41 Å². The van der Waals surface area contributed by atoms with Crippen LogP contribution in [0.15, 0.2) is 0 Å². The molecule has 0 radical (unpaired) electrons. The normalized spacial score (nSPS) is 15.7. The van der Waals surface area contributed by atoms with Gasteiger partial charge in [0.25, 0.3) is 0 Å². The molecule has 0 fully saturated rings. The summed E-state index contributed by atoms with van der Waals surface area (Å²) >= 11 is 0. The smallest absolute Gasteiger partial charge is 0.127 e. The van der Waals surface area contributed by atoms with Gasteiger partial charge in [0.2, 0.25) is 0 Å². The number of nitrogens with zero attached hydrogens (tertiary/aromatic N) is 1. The zero-order chi connectivity index (χ0) is 11.9. The van der Waals surface area contributed by atoms with Gasteiger partial charge in [0.15, 0.2) is 0 Å². The van der Waals surface area contributed by atoms with Crippen molar-refractivity contribution < 1.29 is 4.79 Å². The number of aldehydes is 1. The lowest BCUT2D eigenvalue weighted by Crippen LogP contribution is -2.38. The van der Waals surface area contributed by atoms with Crippen LogP contribution in [0.1, 0.15) is 47.5 Å². The van der Waals surface area contributed by atoms with Crippen molar-refractivity contribution >= 4 is 6.29 Å². The van der Waals surface area contributed by atoms with Crippen LogP contribution in [0.4, 0.5) is 0 Å². The van der Waals surface area contributed by atoms with Crippen LogP contribution < -0.4 is 0 Å². The molecule has 0 aromatic heterocycles. The van der Waals surface area contributed by atoms with Crippen molar-refractivity contribution in [3.8, 4) is 0 Å². The molecule has 0 amide bonds. The molecular formula is C13H27NO. The highest BCUT2D eigenvalue weighted by atomic mass is 16.1. The molecule has 0 saturated carbocycles. The Morgan fingerprint density at radius 1 is 1.33 bits per heavy atom. The Labute approximate surface area is 95.0 Å². The van der Waals surface area contributed by atoms with E-state index in [0.717, 1.165) is 38.8 Å². The van der Waals surface area contributed by atoms with Gasteiger partial charge in [-0.1, -0.05) is 41.0 Å². The third-order valence-electron chi connectivity index (χ3n) is 2.76. The van der Waals surface area contributed by atoms with Crippen LogP contribution in [0, 0.1) is 11.3 Å². The molecular weight excluding hydrogens is 186 g/mol. The SMILES string of the molecule is CCCC(C)(C=O)CN(CC)CC(C)C. The highest BCUT2D eigenvalue weighted by Gasteiger charge is 2.25. The van der Waals surface area contributed by atoms with Crippen LogP contribution in [0.2, 0.25) is 0 Å². The highest BCUT2D eigenvalue weighted by molar-refractivity contribution is 5.58. The second-order valence-electron chi connectivity index (χ2n) is 5.24. The van der Waals surface area contributed by atoms with Crippen LogP contribution in [-0.2, 0) is 4.79 Å². The van der Waals surface area contributed by atoms with Crippen LogP contribution >= 0.6 is 0 Å². The van der Waals surface area contributed by atoms with Crippen molar-refractivity contribution in [3.63, 3.8) is 0 Å². The Kier molecular flexibility index (Phi) is 6.82. The minimum absolute atomic E-state index is 0.153. The van der Waals surface area contributed by atoms with Gasteiger partial charge in [0, 0.05) is 18.5 Å². The highest BCUT2D eigenvalue weighted by Crippen LogP contribution is 2.22. The average molecular weight is 213 g/mol. The quantitative estimate of drug-likeness (QED) is 0.578. The van der Waals surface area contributed by atoms with Crippen molar-refractivity contribution in [1.82, 2.24) is 4.90 Å². The van der Waals surface area contributed by atoms with Crippen molar-refractivity contribution in [3.05, 3.63) is 0 Å². The van der Waals surface area contributed by atoms with Crippen LogP contribution in [0.25, 0.3) is 0 Å². The van der Waals surface area contributed by atoms with Gasteiger partial charge in [-0.05, 0) is 18.9 Å². The molecule has 1 atom stereocenters. The molecule has 0 saturated heterocycles. The number of carbonyl (C=O) groups excluding carboxylic acids is 1. The van der Waals surface area contributed by atoms with Gasteiger partial charge < -0.3 is 9.69 Å². The number of rotatable bonds is 8. The van der Waals surface area contributed by atoms with Crippen molar-refractivity contribution in [1.29, 1.82) is 0 Å². The topological polar surface area (TPSA) is 20.3 Å². The molecule has 0 heterocycles. The Morgan fingerprint density at radius 3 is 2.27 bits per heavy atom. The van der Waals surface area contributed by atoms with Crippen LogP contribution in [-0.4, -0.2) is 30.8 Å². The molecule has 0 aliphatic carbocycles. The third-order valence-corrected chi connectivity index (χ3v) is 2.76. The Morgan fingerprint density at radius 2 is 1.93 bits per heavy atom. The van der Waals surface area contributed by atoms with Crippen LogP contribution in [0.3, 0.4) is 0 Å². The van der Waals surface area contributed by atoms with Gasteiger partial charge in [0.1, 0.15) is 6.29 Å². The Bertz CT molecular complexity index is 179. The first-order valence-electron chi connectivity index (χ1n) is 6.16. The predicted molar refractivity (Wildman–Crippen MR) is 66.0 cm³/mol. The molecule has 15 heavy (non-hydrogen) atoms. The van der Waals surface area contributed by atoms with E-state index in [1.54, 1.807) is 0 Å². The molecule has 0 aromatic carbocycles. The first kappa shape index (κ1) is 14.6. The van der Waals surface area contributed by atoms with Gasteiger partial charge in [-0.25, -0.2) is 0 Å². The van der Waals surface area contributed by atoms with E-state index < -0.39 is 0 Å². The zero-order valence-electron chi connectivity index (χ0n) is 11.0. The maximum Gasteiger partial charge on any atom is 0.127 e. The molecule has 90 valence electrons. The molecule has 2 nitrogen and oxygen atoms in total. The molecule has 0 spiro atoms. The van der Waals surface area contributed by atoms with Gasteiger partial charge in [0.05, 0.1) is 0 Å². The largest absolute Gasteiger partial charge is 0.303 e. The fourth-order valence-corrected chi connectivity index (χ4v) is 2.08. The van der Waals surface area contributed by atoms with Gasteiger partial charge in [-0.2, -0.15) is 0 Å². The summed E-state index contributed by atoms with van der Waals surface area (Å²) in [6.45, 7) is 13.8.